The van der Waals surface area contributed by atoms with Crippen LogP contribution in [0.25, 0.3) is 0 Å². The first kappa shape index (κ1) is 17.9. The summed E-state index contributed by atoms with van der Waals surface area (Å²) < 4.78 is 19.0. The summed E-state index contributed by atoms with van der Waals surface area (Å²) in [5, 5.41) is 5.42. The first-order valence-corrected chi connectivity index (χ1v) is 7.87. The van der Waals surface area contributed by atoms with E-state index < -0.39 is 17.7 Å². The van der Waals surface area contributed by atoms with Crippen molar-refractivity contribution < 1.29 is 18.7 Å². The summed E-state index contributed by atoms with van der Waals surface area (Å²) in [6.45, 7) is 1.77. The Bertz CT molecular complexity index is 780. The number of nitrogens with one attached hydrogen (secondary N) is 2. The Morgan fingerprint density at radius 2 is 1.92 bits per heavy atom. The smallest absolute Gasteiger partial charge is 0.337 e. The first-order valence-electron chi connectivity index (χ1n) is 7.08. The van der Waals surface area contributed by atoms with Crippen LogP contribution < -0.4 is 10.6 Å². The second-order valence-electron chi connectivity index (χ2n) is 5.05. The summed E-state index contributed by atoms with van der Waals surface area (Å²) in [7, 11) is 1.30. The van der Waals surface area contributed by atoms with E-state index in [0.29, 0.717) is 15.7 Å². The van der Waals surface area contributed by atoms with Gasteiger partial charge in [-0.1, -0.05) is 22.0 Å². The van der Waals surface area contributed by atoms with Crippen LogP contribution in [0.4, 0.5) is 15.8 Å². The number of amides is 1. The zero-order chi connectivity index (χ0) is 17.7. The number of methoxy groups -OCH3 is 1. The lowest BCUT2D eigenvalue weighted by Crippen LogP contribution is -2.22. The molecule has 0 aliphatic carbocycles. The van der Waals surface area contributed by atoms with E-state index in [1.807, 2.05) is 6.92 Å². The van der Waals surface area contributed by atoms with Crippen LogP contribution >= 0.6 is 15.9 Å². The topological polar surface area (TPSA) is 67.4 Å². The highest BCUT2D eigenvalue weighted by Gasteiger charge is 2.10. The van der Waals surface area contributed by atoms with Crippen molar-refractivity contribution in [3.8, 4) is 0 Å². The number of rotatable bonds is 5. The highest BCUT2D eigenvalue weighted by Crippen LogP contribution is 2.20. The summed E-state index contributed by atoms with van der Waals surface area (Å²) in [5.74, 6) is -1.39. The maximum absolute atomic E-state index is 13.7. The molecule has 0 bridgehead atoms. The molecule has 0 unspecified atom stereocenters. The van der Waals surface area contributed by atoms with E-state index in [9.17, 15) is 14.0 Å². The van der Waals surface area contributed by atoms with Gasteiger partial charge in [0.05, 0.1) is 24.9 Å². The van der Waals surface area contributed by atoms with Crippen molar-refractivity contribution in [2.45, 2.75) is 6.92 Å². The highest BCUT2D eigenvalue weighted by atomic mass is 79.9. The number of aryl methyl sites for hydroxylation is 1. The molecule has 0 aromatic heterocycles. The van der Waals surface area contributed by atoms with Crippen LogP contribution in [0.2, 0.25) is 0 Å². The SMILES string of the molecule is COC(=O)c1ccc(C)c(NCC(=O)Nc2ccc(Br)cc2F)c1. The number of hydrogen-bond donors (Lipinski definition) is 2. The Kier molecular flexibility index (Phi) is 5.92. The molecule has 0 aliphatic heterocycles. The monoisotopic (exact) mass is 394 g/mol. The van der Waals surface area contributed by atoms with E-state index in [-0.39, 0.29) is 12.2 Å². The number of esters is 1. The normalized spacial score (nSPS) is 10.2. The molecule has 0 fully saturated rings. The van der Waals surface area contributed by atoms with E-state index in [1.165, 1.54) is 19.2 Å². The third-order valence-electron chi connectivity index (χ3n) is 3.30. The average Bonchev–Trinajstić information content (AvgIpc) is 2.56. The van der Waals surface area contributed by atoms with Crippen LogP contribution in [0.1, 0.15) is 15.9 Å². The van der Waals surface area contributed by atoms with Gasteiger partial charge in [-0.05, 0) is 42.8 Å². The van der Waals surface area contributed by atoms with E-state index in [2.05, 4.69) is 31.3 Å². The van der Waals surface area contributed by atoms with Gasteiger partial charge in [-0.15, -0.1) is 0 Å². The molecule has 0 saturated carbocycles. The third kappa shape index (κ3) is 4.55. The van der Waals surface area contributed by atoms with Crippen molar-refractivity contribution in [2.24, 2.45) is 0 Å². The Morgan fingerprint density at radius 3 is 2.58 bits per heavy atom. The lowest BCUT2D eigenvalue weighted by Gasteiger charge is -2.12. The molecule has 2 aromatic carbocycles. The summed E-state index contributed by atoms with van der Waals surface area (Å²) in [5.41, 5.74) is 1.98. The molecule has 0 heterocycles. The molecule has 5 nitrogen and oxygen atoms in total. The number of anilines is 2. The van der Waals surface area contributed by atoms with Gasteiger partial charge in [0.25, 0.3) is 0 Å². The summed E-state index contributed by atoms with van der Waals surface area (Å²) in [4.78, 5) is 23.5. The van der Waals surface area contributed by atoms with Crippen molar-refractivity contribution in [1.29, 1.82) is 0 Å². The number of carbonyl (C=O) groups excluding carboxylic acids is 2. The van der Waals surface area contributed by atoms with Crippen molar-refractivity contribution in [1.82, 2.24) is 0 Å². The maximum atomic E-state index is 13.7. The third-order valence-corrected chi connectivity index (χ3v) is 3.80. The van der Waals surface area contributed by atoms with Gasteiger partial charge in [0.2, 0.25) is 5.91 Å². The second kappa shape index (κ2) is 7.92. The summed E-state index contributed by atoms with van der Waals surface area (Å²) in [6.07, 6.45) is 0. The molecule has 0 atom stereocenters. The minimum atomic E-state index is -0.526. The van der Waals surface area contributed by atoms with E-state index in [1.54, 1.807) is 24.3 Å². The van der Waals surface area contributed by atoms with Crippen LogP contribution in [-0.2, 0) is 9.53 Å². The fraction of sp³-hybridized carbons (Fsp3) is 0.176. The number of halogens is 2. The molecule has 7 heteroatoms. The molecular weight excluding hydrogens is 379 g/mol. The first-order chi connectivity index (χ1) is 11.4. The van der Waals surface area contributed by atoms with Crippen molar-refractivity contribution in [3.05, 3.63) is 57.8 Å². The van der Waals surface area contributed by atoms with E-state index in [0.717, 1.165) is 5.56 Å². The molecule has 24 heavy (non-hydrogen) atoms. The fourth-order valence-corrected chi connectivity index (χ4v) is 2.35. The number of hydrogen-bond acceptors (Lipinski definition) is 4. The molecule has 126 valence electrons. The minimum absolute atomic E-state index is 0.0685. The Morgan fingerprint density at radius 1 is 1.17 bits per heavy atom. The largest absolute Gasteiger partial charge is 0.465 e. The zero-order valence-corrected chi connectivity index (χ0v) is 14.7. The molecule has 0 saturated heterocycles. The predicted molar refractivity (Wildman–Crippen MR) is 93.7 cm³/mol. The van der Waals surface area contributed by atoms with Gasteiger partial charge in [0.1, 0.15) is 5.82 Å². The van der Waals surface area contributed by atoms with Gasteiger partial charge in [0, 0.05) is 10.2 Å². The molecule has 0 spiro atoms. The van der Waals surface area contributed by atoms with Gasteiger partial charge >= 0.3 is 5.97 Å². The van der Waals surface area contributed by atoms with Gasteiger partial charge in [-0.2, -0.15) is 0 Å². The lowest BCUT2D eigenvalue weighted by atomic mass is 10.1. The minimum Gasteiger partial charge on any atom is -0.465 e. The van der Waals surface area contributed by atoms with Gasteiger partial charge in [0.15, 0.2) is 0 Å². The predicted octanol–water partition coefficient (Wildman–Crippen LogP) is 3.73. The van der Waals surface area contributed by atoms with Gasteiger partial charge in [-0.25, -0.2) is 9.18 Å². The molecule has 0 radical (unpaired) electrons. The molecule has 2 N–H and O–H groups in total. The van der Waals surface area contributed by atoms with E-state index in [4.69, 9.17) is 0 Å². The van der Waals surface area contributed by atoms with Crippen LogP contribution in [0.5, 0.6) is 0 Å². The van der Waals surface area contributed by atoms with Crippen molar-refractivity contribution in [2.75, 3.05) is 24.3 Å². The number of ether oxygens (including phenoxy) is 1. The van der Waals surface area contributed by atoms with E-state index >= 15 is 0 Å². The van der Waals surface area contributed by atoms with Crippen LogP contribution in [0.15, 0.2) is 40.9 Å². The van der Waals surface area contributed by atoms with Crippen LogP contribution in [0.3, 0.4) is 0 Å². The van der Waals surface area contributed by atoms with Crippen molar-refractivity contribution in [3.63, 3.8) is 0 Å². The lowest BCUT2D eigenvalue weighted by molar-refractivity contribution is -0.114. The molecular formula is C17H16BrFN2O3. The Balaban J connectivity index is 2.02. The quantitative estimate of drug-likeness (QED) is 0.758. The average molecular weight is 395 g/mol. The summed E-state index contributed by atoms with van der Waals surface area (Å²) in [6, 6.07) is 9.38. The van der Waals surface area contributed by atoms with Crippen LogP contribution in [-0.4, -0.2) is 25.5 Å². The Labute approximate surface area is 147 Å². The van der Waals surface area contributed by atoms with Gasteiger partial charge < -0.3 is 15.4 Å². The molecule has 1 amide bonds. The molecule has 2 rings (SSSR count). The Hall–Kier alpha value is -2.41. The summed E-state index contributed by atoms with van der Waals surface area (Å²) >= 11 is 3.15. The maximum Gasteiger partial charge on any atom is 0.337 e. The van der Waals surface area contributed by atoms with Crippen LogP contribution in [0, 0.1) is 12.7 Å². The zero-order valence-electron chi connectivity index (χ0n) is 13.2. The highest BCUT2D eigenvalue weighted by molar-refractivity contribution is 9.10. The standard InChI is InChI=1S/C17H16BrFN2O3/c1-10-3-4-11(17(23)24-2)7-15(10)20-9-16(22)21-14-6-5-12(18)8-13(14)19/h3-8,20H,9H2,1-2H3,(H,21,22). The second-order valence-corrected chi connectivity index (χ2v) is 5.96. The molecule has 2 aromatic rings. The molecule has 0 aliphatic rings. The number of carbonyl (C=O) groups is 2. The fourth-order valence-electron chi connectivity index (χ4n) is 2.02. The van der Waals surface area contributed by atoms with Gasteiger partial charge in [-0.3, -0.25) is 4.79 Å². The van der Waals surface area contributed by atoms with Crippen molar-refractivity contribution >= 4 is 39.2 Å². The number of benzene rings is 2.